The standard InChI is InChI=1S/C27H28O11/c1-14-9-20(36-16(3)29)12-22(37-17(4)30)24(14)26(32)38-23-11-18-10-19(7-6-8-34-15(2)28)35-13-21(18)25(31)27(23,5)33/h6-7,9-10,12,23,33H,8,11,13H2,1-5H3/b7-6+/t23-,27-/m1/s1. The predicted octanol–water partition coefficient (Wildman–Crippen LogP) is 2.42. The third-order valence-corrected chi connectivity index (χ3v) is 5.76. The van der Waals surface area contributed by atoms with Crippen molar-refractivity contribution in [2.24, 2.45) is 0 Å². The summed E-state index contributed by atoms with van der Waals surface area (Å²) in [6.45, 7) is 6.33. The van der Waals surface area contributed by atoms with Gasteiger partial charge in [-0.2, -0.15) is 0 Å². The maximum atomic E-state index is 13.3. The zero-order valence-corrected chi connectivity index (χ0v) is 21.6. The molecule has 11 heteroatoms. The molecule has 0 fully saturated rings. The van der Waals surface area contributed by atoms with Crippen LogP contribution < -0.4 is 9.47 Å². The van der Waals surface area contributed by atoms with Gasteiger partial charge in [-0.15, -0.1) is 0 Å². The van der Waals surface area contributed by atoms with Crippen LogP contribution in [0.4, 0.5) is 0 Å². The van der Waals surface area contributed by atoms with E-state index in [2.05, 4.69) is 0 Å². The Kier molecular flexibility index (Phi) is 8.52. The molecule has 11 nitrogen and oxygen atoms in total. The zero-order valence-electron chi connectivity index (χ0n) is 21.6. The van der Waals surface area contributed by atoms with Crippen molar-refractivity contribution in [3.63, 3.8) is 0 Å². The van der Waals surface area contributed by atoms with E-state index in [1.54, 1.807) is 18.2 Å². The van der Waals surface area contributed by atoms with E-state index in [0.29, 0.717) is 11.3 Å². The molecule has 38 heavy (non-hydrogen) atoms. The monoisotopic (exact) mass is 528 g/mol. The van der Waals surface area contributed by atoms with E-state index in [1.165, 1.54) is 39.8 Å². The molecule has 1 aromatic carbocycles. The SMILES string of the molecule is CC(=O)OC/C=C/C1=CC2=C(CO1)C(=O)[C@](C)(O)[C@H](OC(=O)c1c(C)cc(OC(C)=O)cc1OC(C)=O)C2. The Bertz CT molecular complexity index is 1280. The molecule has 3 rings (SSSR count). The van der Waals surface area contributed by atoms with Gasteiger partial charge in [0, 0.05) is 38.8 Å². The summed E-state index contributed by atoms with van der Waals surface area (Å²) in [6, 6.07) is 2.60. The average molecular weight is 529 g/mol. The third kappa shape index (κ3) is 6.54. The molecule has 202 valence electrons. The van der Waals surface area contributed by atoms with E-state index in [1.807, 2.05) is 0 Å². The normalized spacial score (nSPS) is 20.7. The lowest BCUT2D eigenvalue weighted by Crippen LogP contribution is -2.53. The summed E-state index contributed by atoms with van der Waals surface area (Å²) in [5, 5.41) is 11.0. The lowest BCUT2D eigenvalue weighted by molar-refractivity contribution is -0.146. The van der Waals surface area contributed by atoms with E-state index in [4.69, 9.17) is 23.7 Å². The van der Waals surface area contributed by atoms with Crippen LogP contribution in [-0.4, -0.2) is 59.7 Å². The summed E-state index contributed by atoms with van der Waals surface area (Å²) >= 11 is 0. The van der Waals surface area contributed by atoms with Crippen LogP contribution in [0.5, 0.6) is 11.5 Å². The number of carbonyl (C=O) groups excluding carboxylic acids is 5. The number of rotatable bonds is 7. The molecule has 0 aromatic heterocycles. The molecule has 2 atom stereocenters. The highest BCUT2D eigenvalue weighted by atomic mass is 16.6. The van der Waals surface area contributed by atoms with Gasteiger partial charge in [-0.25, -0.2) is 4.79 Å². The number of ether oxygens (including phenoxy) is 5. The number of hydrogen-bond acceptors (Lipinski definition) is 11. The largest absolute Gasteiger partial charge is 0.489 e. The topological polar surface area (TPSA) is 152 Å². The first-order valence-electron chi connectivity index (χ1n) is 11.7. The molecule has 0 saturated heterocycles. The first-order valence-corrected chi connectivity index (χ1v) is 11.7. The van der Waals surface area contributed by atoms with Gasteiger partial charge in [0.05, 0.1) is 0 Å². The number of hydrogen-bond donors (Lipinski definition) is 1. The summed E-state index contributed by atoms with van der Waals surface area (Å²) in [6.07, 6.45) is 3.44. The maximum absolute atomic E-state index is 13.3. The van der Waals surface area contributed by atoms with Gasteiger partial charge in [0.2, 0.25) is 0 Å². The minimum absolute atomic E-state index is 0.00205. The van der Waals surface area contributed by atoms with Crippen molar-refractivity contribution in [2.75, 3.05) is 13.2 Å². The highest BCUT2D eigenvalue weighted by Gasteiger charge is 2.49. The van der Waals surface area contributed by atoms with Crippen LogP contribution in [0.3, 0.4) is 0 Å². The Morgan fingerprint density at radius 3 is 2.42 bits per heavy atom. The number of aryl methyl sites for hydroxylation is 1. The fourth-order valence-electron chi connectivity index (χ4n) is 4.01. The summed E-state index contributed by atoms with van der Waals surface area (Å²) in [7, 11) is 0. The minimum Gasteiger partial charge on any atom is -0.489 e. The molecule has 1 aromatic rings. The van der Waals surface area contributed by atoms with Gasteiger partial charge >= 0.3 is 23.9 Å². The molecule has 1 aliphatic heterocycles. The van der Waals surface area contributed by atoms with Gasteiger partial charge < -0.3 is 28.8 Å². The lowest BCUT2D eigenvalue weighted by Gasteiger charge is -2.38. The summed E-state index contributed by atoms with van der Waals surface area (Å²) in [4.78, 5) is 60.3. The van der Waals surface area contributed by atoms with E-state index in [0.717, 1.165) is 6.92 Å². The van der Waals surface area contributed by atoms with Crippen molar-refractivity contribution in [3.05, 3.63) is 58.4 Å². The van der Waals surface area contributed by atoms with Crippen LogP contribution in [0.1, 0.15) is 50.0 Å². The van der Waals surface area contributed by atoms with Crippen LogP contribution in [-0.2, 0) is 33.4 Å². The number of aliphatic hydroxyl groups is 1. The number of ketones is 1. The Labute approximate surface area is 218 Å². The molecule has 0 bridgehead atoms. The first kappa shape index (κ1) is 28.3. The predicted molar refractivity (Wildman–Crippen MR) is 130 cm³/mol. The van der Waals surface area contributed by atoms with E-state index in [9.17, 15) is 29.1 Å². The van der Waals surface area contributed by atoms with E-state index in [-0.39, 0.29) is 47.8 Å². The second kappa shape index (κ2) is 11.4. The molecule has 0 unspecified atom stereocenters. The van der Waals surface area contributed by atoms with Crippen molar-refractivity contribution in [1.29, 1.82) is 0 Å². The van der Waals surface area contributed by atoms with Crippen molar-refractivity contribution < 1.29 is 52.8 Å². The first-order chi connectivity index (χ1) is 17.8. The second-order valence-electron chi connectivity index (χ2n) is 8.92. The highest BCUT2D eigenvalue weighted by Crippen LogP contribution is 2.37. The van der Waals surface area contributed by atoms with Crippen LogP contribution in [0.2, 0.25) is 0 Å². The summed E-state index contributed by atoms with van der Waals surface area (Å²) < 4.78 is 26.2. The van der Waals surface area contributed by atoms with Gasteiger partial charge in [0.15, 0.2) is 11.4 Å². The van der Waals surface area contributed by atoms with Gasteiger partial charge in [0.25, 0.3) is 0 Å². The molecule has 1 N–H and O–H groups in total. The van der Waals surface area contributed by atoms with Gasteiger partial charge in [-0.05, 0) is 49.3 Å². The van der Waals surface area contributed by atoms with Crippen LogP contribution >= 0.6 is 0 Å². The third-order valence-electron chi connectivity index (χ3n) is 5.76. The number of carbonyl (C=O) groups is 5. The molecule has 1 heterocycles. The number of Topliss-reactive ketones (excluding diaryl/α,β-unsaturated/α-hetero) is 1. The quantitative estimate of drug-likeness (QED) is 0.410. The Hall–Kier alpha value is -4.25. The number of esters is 4. The van der Waals surface area contributed by atoms with Gasteiger partial charge in [-0.3, -0.25) is 19.2 Å². The Balaban J connectivity index is 1.88. The molecule has 0 spiro atoms. The van der Waals surface area contributed by atoms with Gasteiger partial charge in [-0.1, -0.05) is 0 Å². The molecular weight excluding hydrogens is 500 g/mol. The number of benzene rings is 1. The molecule has 2 aliphatic rings. The van der Waals surface area contributed by atoms with Gasteiger partial charge in [0.1, 0.15) is 42.1 Å². The molecule has 1 aliphatic carbocycles. The highest BCUT2D eigenvalue weighted by molar-refractivity contribution is 6.05. The minimum atomic E-state index is -2.05. The average Bonchev–Trinajstić information content (AvgIpc) is 2.79. The zero-order chi connectivity index (χ0) is 28.2. The van der Waals surface area contributed by atoms with Crippen LogP contribution in [0, 0.1) is 6.92 Å². The molecule has 0 saturated carbocycles. The second-order valence-corrected chi connectivity index (χ2v) is 8.92. The maximum Gasteiger partial charge on any atom is 0.342 e. The van der Waals surface area contributed by atoms with E-state index >= 15 is 0 Å². The molecule has 0 radical (unpaired) electrons. The smallest absolute Gasteiger partial charge is 0.342 e. The van der Waals surface area contributed by atoms with Crippen LogP contribution in [0.25, 0.3) is 0 Å². The molecular formula is C27H28O11. The van der Waals surface area contributed by atoms with E-state index < -0.39 is 41.4 Å². The van der Waals surface area contributed by atoms with Crippen molar-refractivity contribution in [2.45, 2.75) is 52.7 Å². The Morgan fingerprint density at radius 2 is 1.79 bits per heavy atom. The van der Waals surface area contributed by atoms with Crippen molar-refractivity contribution in [3.8, 4) is 11.5 Å². The van der Waals surface area contributed by atoms with Crippen molar-refractivity contribution >= 4 is 29.7 Å². The molecule has 0 amide bonds. The Morgan fingerprint density at radius 1 is 1.11 bits per heavy atom. The summed E-state index contributed by atoms with van der Waals surface area (Å²) in [5.74, 6) is -3.13. The fraction of sp³-hybridized carbons (Fsp3) is 0.370. The lowest BCUT2D eigenvalue weighted by atomic mass is 9.77. The van der Waals surface area contributed by atoms with Crippen molar-refractivity contribution in [1.82, 2.24) is 0 Å². The summed E-state index contributed by atoms with van der Waals surface area (Å²) in [5.41, 5.74) is -1.14. The fourth-order valence-corrected chi connectivity index (χ4v) is 4.01. The number of allylic oxidation sites excluding steroid dienone is 2. The van der Waals surface area contributed by atoms with Crippen LogP contribution in [0.15, 0.2) is 47.3 Å².